The van der Waals surface area contributed by atoms with Crippen LogP contribution in [0, 0.1) is 11.8 Å². The van der Waals surface area contributed by atoms with Crippen LogP contribution in [-0.2, 0) is 22.6 Å². The van der Waals surface area contributed by atoms with Crippen molar-refractivity contribution < 1.29 is 14.6 Å². The molecule has 3 aromatic heterocycles. The number of rotatable bonds is 10. The first-order valence-corrected chi connectivity index (χ1v) is 10.3. The Morgan fingerprint density at radius 1 is 1.30 bits per heavy atom. The number of hydrogen-bond acceptors (Lipinski definition) is 7. The average molecular weight is 415 g/mol. The summed E-state index contributed by atoms with van der Waals surface area (Å²) in [6.45, 7) is 9.01. The van der Waals surface area contributed by atoms with Gasteiger partial charge in [-0.3, -0.25) is 9.48 Å². The molecule has 3 aromatic rings. The van der Waals surface area contributed by atoms with Crippen molar-refractivity contribution in [1.29, 1.82) is 0 Å². The highest BCUT2D eigenvalue weighted by molar-refractivity contribution is 5.76. The molecule has 0 saturated carbocycles. The van der Waals surface area contributed by atoms with Crippen molar-refractivity contribution in [3.63, 3.8) is 0 Å². The molecule has 9 nitrogen and oxygen atoms in total. The number of aromatic nitrogens is 5. The molecule has 9 heteroatoms. The van der Waals surface area contributed by atoms with E-state index >= 15 is 0 Å². The summed E-state index contributed by atoms with van der Waals surface area (Å²) in [5, 5.41) is 17.2. The molecular formula is C21H30N6O3. The van der Waals surface area contributed by atoms with Gasteiger partial charge in [-0.25, -0.2) is 4.98 Å². The number of fused-ring (bicyclic) bond motifs is 1. The lowest BCUT2D eigenvalue weighted by Gasteiger charge is -2.20. The molecular weight excluding hydrogens is 384 g/mol. The van der Waals surface area contributed by atoms with Crippen molar-refractivity contribution in [1.82, 2.24) is 24.3 Å². The van der Waals surface area contributed by atoms with Crippen molar-refractivity contribution in [3.05, 3.63) is 30.9 Å². The van der Waals surface area contributed by atoms with Gasteiger partial charge in [-0.05, 0) is 24.8 Å². The maximum absolute atomic E-state index is 11.8. The fourth-order valence-corrected chi connectivity index (χ4v) is 3.32. The van der Waals surface area contributed by atoms with Crippen LogP contribution in [-0.4, -0.2) is 48.1 Å². The van der Waals surface area contributed by atoms with Gasteiger partial charge < -0.3 is 19.7 Å². The molecule has 0 aliphatic rings. The molecule has 162 valence electrons. The van der Waals surface area contributed by atoms with Crippen LogP contribution in [0.1, 0.15) is 34.1 Å². The van der Waals surface area contributed by atoms with Crippen LogP contribution in [0.15, 0.2) is 30.9 Å². The summed E-state index contributed by atoms with van der Waals surface area (Å²) in [5.41, 5.74) is 1.56. The molecule has 30 heavy (non-hydrogen) atoms. The van der Waals surface area contributed by atoms with Gasteiger partial charge in [0.25, 0.3) is 0 Å². The van der Waals surface area contributed by atoms with E-state index in [0.717, 1.165) is 24.0 Å². The quantitative estimate of drug-likeness (QED) is 0.491. The number of nitrogens with zero attached hydrogens (tertiary/aromatic N) is 5. The second-order valence-electron chi connectivity index (χ2n) is 7.89. The molecule has 2 N–H and O–H groups in total. The molecule has 0 fully saturated rings. The summed E-state index contributed by atoms with van der Waals surface area (Å²) in [6.07, 6.45) is 7.72. The molecule has 2 atom stereocenters. The Morgan fingerprint density at radius 2 is 2.10 bits per heavy atom. The van der Waals surface area contributed by atoms with E-state index in [1.165, 1.54) is 4.68 Å². The van der Waals surface area contributed by atoms with Crippen LogP contribution < -0.4 is 5.32 Å². The summed E-state index contributed by atoms with van der Waals surface area (Å²) in [7, 11) is 0. The highest BCUT2D eigenvalue weighted by atomic mass is 16.6. The van der Waals surface area contributed by atoms with Crippen molar-refractivity contribution in [2.75, 3.05) is 11.9 Å². The topological polar surface area (TPSA) is 107 Å². The second kappa shape index (κ2) is 9.71. The number of carbonyl (C=O) groups is 1. The number of anilines is 2. The van der Waals surface area contributed by atoms with Crippen LogP contribution >= 0.6 is 0 Å². The monoisotopic (exact) mass is 414 g/mol. The molecule has 0 spiro atoms. The smallest absolute Gasteiger partial charge is 0.328 e. The summed E-state index contributed by atoms with van der Waals surface area (Å²) < 4.78 is 8.68. The summed E-state index contributed by atoms with van der Waals surface area (Å²) in [5.74, 6) is 1.19. The van der Waals surface area contributed by atoms with E-state index in [2.05, 4.69) is 51.9 Å². The number of aliphatic hydroxyl groups is 1. The van der Waals surface area contributed by atoms with Crippen LogP contribution in [0.3, 0.4) is 0 Å². The predicted molar refractivity (Wildman–Crippen MR) is 114 cm³/mol. The minimum Gasteiger partial charge on any atom is -0.459 e. The molecule has 0 aliphatic heterocycles. The zero-order valence-corrected chi connectivity index (χ0v) is 17.9. The Kier molecular flexibility index (Phi) is 7.04. The molecule has 3 heterocycles. The van der Waals surface area contributed by atoms with E-state index in [9.17, 15) is 4.79 Å². The van der Waals surface area contributed by atoms with Gasteiger partial charge in [-0.1, -0.05) is 27.2 Å². The maximum atomic E-state index is 11.8. The number of aliphatic hydroxyl groups excluding tert-OH is 1. The number of nitrogens with one attached hydrogen (secondary N) is 1. The zero-order chi connectivity index (χ0) is 21.7. The van der Waals surface area contributed by atoms with E-state index in [1.807, 2.05) is 6.07 Å². The highest BCUT2D eigenvalue weighted by Gasteiger charge is 2.15. The zero-order valence-electron chi connectivity index (χ0n) is 17.9. The van der Waals surface area contributed by atoms with Crippen molar-refractivity contribution in [3.8, 4) is 0 Å². The van der Waals surface area contributed by atoms with Gasteiger partial charge in [0.05, 0.1) is 18.5 Å². The van der Waals surface area contributed by atoms with Gasteiger partial charge in [0.15, 0.2) is 0 Å². The Hall–Kier alpha value is -2.94. The first-order chi connectivity index (χ1) is 14.4. The fourth-order valence-electron chi connectivity index (χ4n) is 3.32. The lowest BCUT2D eigenvalue weighted by atomic mass is 9.93. The van der Waals surface area contributed by atoms with Crippen molar-refractivity contribution in [2.45, 2.75) is 53.3 Å². The van der Waals surface area contributed by atoms with E-state index in [1.54, 1.807) is 25.5 Å². The van der Waals surface area contributed by atoms with Crippen molar-refractivity contribution in [2.24, 2.45) is 11.8 Å². The first-order valence-electron chi connectivity index (χ1n) is 10.3. The summed E-state index contributed by atoms with van der Waals surface area (Å²) in [4.78, 5) is 20.9. The van der Waals surface area contributed by atoms with Crippen LogP contribution in [0.2, 0.25) is 0 Å². The fraction of sp³-hybridized carbons (Fsp3) is 0.524. The Labute approximate surface area is 176 Å². The second-order valence-corrected chi connectivity index (χ2v) is 7.89. The van der Waals surface area contributed by atoms with Gasteiger partial charge >= 0.3 is 5.97 Å². The number of hydrogen-bond donors (Lipinski definition) is 2. The van der Waals surface area contributed by atoms with Gasteiger partial charge in [0.2, 0.25) is 5.95 Å². The third-order valence-electron chi connectivity index (χ3n) is 5.17. The molecule has 0 bridgehead atoms. The molecule has 0 saturated heterocycles. The number of ether oxygens (including phenoxy) is 1. The standard InChI is InChI=1S/C21H30N6O3/c1-5-16(14(2)3)10-26-7-6-17-8-22-21(25-20(17)26)24-18-9-23-27(11-18)12-19(29)30-15(4)13-28/h6-9,11,14-16,28H,5,10,12-13H2,1-4H3,(H,22,24,25). The minimum absolute atomic E-state index is 0.0393. The third kappa shape index (κ3) is 5.35. The van der Waals surface area contributed by atoms with Gasteiger partial charge in [-0.2, -0.15) is 10.1 Å². The third-order valence-corrected chi connectivity index (χ3v) is 5.17. The van der Waals surface area contributed by atoms with Crippen molar-refractivity contribution >= 4 is 28.6 Å². The van der Waals surface area contributed by atoms with Gasteiger partial charge in [0.1, 0.15) is 18.3 Å². The molecule has 0 radical (unpaired) electrons. The largest absolute Gasteiger partial charge is 0.459 e. The average Bonchev–Trinajstić information content (AvgIpc) is 3.32. The predicted octanol–water partition coefficient (Wildman–Crippen LogP) is 2.98. The Bertz CT molecular complexity index is 980. The molecule has 0 aromatic carbocycles. The molecule has 2 unspecified atom stereocenters. The van der Waals surface area contributed by atoms with E-state index < -0.39 is 12.1 Å². The molecule has 0 aliphatic carbocycles. The maximum Gasteiger partial charge on any atom is 0.328 e. The Morgan fingerprint density at radius 3 is 2.80 bits per heavy atom. The normalized spacial score (nSPS) is 13.5. The van der Waals surface area contributed by atoms with E-state index in [0.29, 0.717) is 23.5 Å². The number of carbonyl (C=O) groups excluding carboxylic acids is 1. The summed E-state index contributed by atoms with van der Waals surface area (Å²) in [6, 6.07) is 2.03. The van der Waals surface area contributed by atoms with E-state index in [-0.39, 0.29) is 13.2 Å². The van der Waals surface area contributed by atoms with Crippen LogP contribution in [0.4, 0.5) is 11.6 Å². The minimum atomic E-state index is -0.537. The Balaban J connectivity index is 1.70. The first kappa shape index (κ1) is 21.8. The van der Waals surface area contributed by atoms with Crippen LogP contribution in [0.25, 0.3) is 11.0 Å². The van der Waals surface area contributed by atoms with Gasteiger partial charge in [-0.15, -0.1) is 0 Å². The number of esters is 1. The lowest BCUT2D eigenvalue weighted by Crippen LogP contribution is -2.22. The lowest BCUT2D eigenvalue weighted by molar-refractivity contribution is -0.150. The highest BCUT2D eigenvalue weighted by Crippen LogP contribution is 2.22. The molecule has 3 rings (SSSR count). The summed E-state index contributed by atoms with van der Waals surface area (Å²) >= 11 is 0. The van der Waals surface area contributed by atoms with Crippen LogP contribution in [0.5, 0.6) is 0 Å². The molecule has 0 amide bonds. The van der Waals surface area contributed by atoms with E-state index in [4.69, 9.17) is 9.84 Å². The SMILES string of the molecule is CCC(Cn1ccc2cnc(Nc3cnn(CC(=O)OC(C)CO)c3)nc21)C(C)C. The van der Waals surface area contributed by atoms with Gasteiger partial charge in [0, 0.05) is 30.5 Å².